The fourth-order valence-corrected chi connectivity index (χ4v) is 8.73. The Labute approximate surface area is 354 Å². The average Bonchev–Trinajstić information content (AvgIpc) is 3.18. The molecule has 0 aliphatic rings. The first-order valence-corrected chi connectivity index (χ1v) is 24.1. The summed E-state index contributed by atoms with van der Waals surface area (Å²) in [4.78, 5) is 0. The smallest absolute Gasteiger partial charge is 0.206 e. The van der Waals surface area contributed by atoms with Crippen molar-refractivity contribution >= 4 is 0 Å². The highest BCUT2D eigenvalue weighted by Gasteiger charge is 2.72. The van der Waals surface area contributed by atoms with E-state index in [1.165, 1.54) is 0 Å². The molecule has 0 saturated carbocycles. The number of rotatable bonds is 34. The number of hydrogen-bond acceptors (Lipinski definition) is 0. The molecule has 0 unspecified atom stereocenters. The van der Waals surface area contributed by atoms with E-state index in [2.05, 4.69) is 27.7 Å². The highest BCUT2D eigenvalue weighted by Crippen LogP contribution is 2.57. The minimum Gasteiger partial charge on any atom is -0.206 e. The topological polar surface area (TPSA) is 0 Å². The van der Waals surface area contributed by atoms with Crippen LogP contribution in [0.25, 0.3) is 0 Å². The van der Waals surface area contributed by atoms with Crippen LogP contribution in [-0.4, -0.2) is 12.4 Å². The van der Waals surface area contributed by atoms with Crippen LogP contribution < -0.4 is 0 Å². The van der Waals surface area contributed by atoms with E-state index in [0.29, 0.717) is 51.4 Å². The lowest BCUT2D eigenvalue weighted by Crippen LogP contribution is -2.55. The van der Waals surface area contributed by atoms with Crippen molar-refractivity contribution in [1.82, 2.24) is 0 Å². The number of halogens is 8. The first-order valence-electron chi connectivity index (χ1n) is 24.1. The lowest BCUT2D eigenvalue weighted by atomic mass is 9.70. The zero-order valence-corrected chi connectivity index (χ0v) is 37.5. The van der Waals surface area contributed by atoms with Gasteiger partial charge in [-0.1, -0.05) is 206 Å². The molecule has 0 spiro atoms. The molecule has 0 heterocycles. The fraction of sp³-hybridized carbons (Fsp3) is 0.765. The number of alkyl halides is 6. The summed E-state index contributed by atoms with van der Waals surface area (Å²) < 4.78 is 128. The quantitative estimate of drug-likeness (QED) is 0.0486. The molecule has 59 heavy (non-hydrogen) atoms. The monoisotopic (exact) mass is 845 g/mol. The third-order valence-electron chi connectivity index (χ3n) is 12.4. The van der Waals surface area contributed by atoms with E-state index < -0.39 is 40.5 Å². The van der Waals surface area contributed by atoms with Crippen molar-refractivity contribution < 1.29 is 35.1 Å². The SMILES string of the molecule is CCCCCCCCCc1cc(C(c2cc(CCCCCCCCC)c(F)c(CCCCCCCCC)c2)(C(F)(F)F)C(F)(F)F)cc(CCCCCCCCC)c1F. The highest BCUT2D eigenvalue weighted by atomic mass is 19.4. The van der Waals surface area contributed by atoms with E-state index in [1.54, 1.807) is 0 Å². The third-order valence-corrected chi connectivity index (χ3v) is 12.4. The van der Waals surface area contributed by atoms with Crippen LogP contribution >= 0.6 is 0 Å². The Morgan fingerprint density at radius 3 is 0.678 bits per heavy atom. The molecule has 0 amide bonds. The van der Waals surface area contributed by atoms with E-state index >= 15 is 35.1 Å². The molecule has 0 saturated heterocycles. The van der Waals surface area contributed by atoms with Crippen LogP contribution in [0.2, 0.25) is 0 Å². The fourth-order valence-electron chi connectivity index (χ4n) is 8.73. The van der Waals surface area contributed by atoms with Crippen LogP contribution in [0.15, 0.2) is 24.3 Å². The lowest BCUT2D eigenvalue weighted by Gasteiger charge is -2.39. The van der Waals surface area contributed by atoms with Crippen molar-refractivity contribution in [2.24, 2.45) is 0 Å². The lowest BCUT2D eigenvalue weighted by molar-refractivity contribution is -0.288. The Hall–Kier alpha value is -2.12. The Morgan fingerprint density at radius 2 is 0.492 bits per heavy atom. The van der Waals surface area contributed by atoms with Gasteiger partial charge in [0, 0.05) is 0 Å². The van der Waals surface area contributed by atoms with Gasteiger partial charge in [-0.3, -0.25) is 0 Å². The molecule has 2 aromatic rings. The van der Waals surface area contributed by atoms with Crippen molar-refractivity contribution in [1.29, 1.82) is 0 Å². The minimum absolute atomic E-state index is 0.0553. The summed E-state index contributed by atoms with van der Waals surface area (Å²) in [6.07, 6.45) is 13.6. The van der Waals surface area contributed by atoms with E-state index in [-0.39, 0.29) is 47.9 Å². The molecule has 0 fully saturated rings. The zero-order valence-electron chi connectivity index (χ0n) is 37.5. The van der Waals surface area contributed by atoms with E-state index in [4.69, 9.17) is 0 Å². The van der Waals surface area contributed by atoms with E-state index in [9.17, 15) is 0 Å². The van der Waals surface area contributed by atoms with E-state index in [1.807, 2.05) is 0 Å². The highest BCUT2D eigenvalue weighted by molar-refractivity contribution is 5.50. The Balaban J connectivity index is 2.71. The van der Waals surface area contributed by atoms with Crippen molar-refractivity contribution in [3.63, 3.8) is 0 Å². The summed E-state index contributed by atoms with van der Waals surface area (Å²) in [5, 5.41) is 0. The van der Waals surface area contributed by atoms with Gasteiger partial charge in [-0.05, 0) is 84.7 Å². The summed E-state index contributed by atoms with van der Waals surface area (Å²) in [6.45, 7) is 8.45. The normalized spacial score (nSPS) is 12.5. The maximum Gasteiger partial charge on any atom is 0.411 e. The average molecular weight is 845 g/mol. The van der Waals surface area contributed by atoms with Crippen LogP contribution in [0, 0.1) is 11.6 Å². The molecule has 0 atom stereocenters. The Kier molecular flexibility index (Phi) is 26.3. The minimum atomic E-state index is -5.85. The van der Waals surface area contributed by atoms with Gasteiger partial charge in [0.15, 0.2) is 0 Å². The summed E-state index contributed by atoms with van der Waals surface area (Å²) in [7, 11) is 0. The van der Waals surface area contributed by atoms with Gasteiger partial charge in [0.25, 0.3) is 0 Å². The Morgan fingerprint density at radius 1 is 0.305 bits per heavy atom. The summed E-state index contributed by atoms with van der Waals surface area (Å²) in [6, 6.07) is 3.38. The second kappa shape index (κ2) is 29.2. The molecule has 0 radical (unpaired) electrons. The predicted octanol–water partition coefficient (Wildman–Crippen LogP) is 18.5. The second-order valence-electron chi connectivity index (χ2n) is 17.4. The largest absolute Gasteiger partial charge is 0.411 e. The molecule has 0 nitrogen and oxygen atoms in total. The van der Waals surface area contributed by atoms with Crippen molar-refractivity contribution in [3.8, 4) is 0 Å². The van der Waals surface area contributed by atoms with Gasteiger partial charge >= 0.3 is 12.4 Å². The molecule has 2 rings (SSSR count). The molecule has 340 valence electrons. The van der Waals surface area contributed by atoms with Crippen LogP contribution in [0.4, 0.5) is 35.1 Å². The number of benzene rings is 2. The van der Waals surface area contributed by atoms with Crippen LogP contribution in [0.1, 0.15) is 241 Å². The molecule has 0 aliphatic carbocycles. The molecule has 0 bridgehead atoms. The van der Waals surface area contributed by atoms with Crippen molar-refractivity contribution in [2.45, 2.75) is 251 Å². The maximum absolute atomic E-state index is 16.3. The molecule has 0 aliphatic heterocycles. The first-order chi connectivity index (χ1) is 28.3. The Bertz CT molecular complexity index is 1210. The molecular weight excluding hydrogens is 765 g/mol. The van der Waals surface area contributed by atoms with Crippen LogP contribution in [0.5, 0.6) is 0 Å². The van der Waals surface area contributed by atoms with Crippen molar-refractivity contribution in [3.05, 3.63) is 69.3 Å². The van der Waals surface area contributed by atoms with Gasteiger partial charge in [-0.25, -0.2) is 8.78 Å². The second-order valence-corrected chi connectivity index (χ2v) is 17.4. The first kappa shape index (κ1) is 53.0. The standard InChI is InChI=1S/C51H80F8/c1-5-9-13-17-21-25-29-33-41-37-45(38-42(47(41)52)34-30-26-22-18-14-10-6-2)49(50(54,55)56,51(57,58)59)46-39-43(35-31-27-23-19-15-11-7-3)48(53)44(40-46)36-32-28-24-20-16-12-8-4/h37-40H,5-36H2,1-4H3. The molecule has 8 heteroatoms. The van der Waals surface area contributed by atoms with Gasteiger partial charge in [0.2, 0.25) is 5.41 Å². The van der Waals surface area contributed by atoms with Gasteiger partial charge in [0.05, 0.1) is 0 Å². The molecule has 0 aromatic heterocycles. The van der Waals surface area contributed by atoms with Gasteiger partial charge < -0.3 is 0 Å². The van der Waals surface area contributed by atoms with Crippen molar-refractivity contribution in [2.75, 3.05) is 0 Å². The summed E-state index contributed by atoms with van der Waals surface area (Å²) in [5.41, 5.74) is -6.87. The summed E-state index contributed by atoms with van der Waals surface area (Å²) >= 11 is 0. The van der Waals surface area contributed by atoms with E-state index in [0.717, 1.165) is 153 Å². The number of hydrogen-bond donors (Lipinski definition) is 0. The molecule has 2 aromatic carbocycles. The third kappa shape index (κ3) is 17.6. The summed E-state index contributed by atoms with van der Waals surface area (Å²) in [5.74, 6) is -1.38. The van der Waals surface area contributed by atoms with Gasteiger partial charge in [0.1, 0.15) is 11.6 Å². The van der Waals surface area contributed by atoms with Gasteiger partial charge in [-0.2, -0.15) is 26.3 Å². The number of unbranched alkanes of at least 4 members (excludes halogenated alkanes) is 24. The molecular formula is C51H80F8. The van der Waals surface area contributed by atoms with Gasteiger partial charge in [-0.15, -0.1) is 0 Å². The molecule has 0 N–H and O–H groups in total. The predicted molar refractivity (Wildman–Crippen MR) is 232 cm³/mol. The maximum atomic E-state index is 16.3. The van der Waals surface area contributed by atoms with Crippen LogP contribution in [0.3, 0.4) is 0 Å². The van der Waals surface area contributed by atoms with Crippen LogP contribution in [-0.2, 0) is 31.1 Å². The number of aryl methyl sites for hydroxylation is 4. The zero-order chi connectivity index (χ0) is 43.6.